The molecule has 0 aliphatic heterocycles. The molecule has 1 aliphatic carbocycles. The molecule has 1 fully saturated rings. The molecule has 0 radical (unpaired) electrons. The molecule has 0 heterocycles. The van der Waals surface area contributed by atoms with Gasteiger partial charge in [-0.25, -0.2) is 0 Å². The molecule has 78 valence electrons. The van der Waals surface area contributed by atoms with Crippen molar-refractivity contribution in [3.63, 3.8) is 0 Å². The Hall–Kier alpha value is -1.12. The van der Waals surface area contributed by atoms with Crippen molar-refractivity contribution in [2.75, 3.05) is 0 Å². The molecule has 14 heavy (non-hydrogen) atoms. The number of carboxylic acid groups (broad SMARTS) is 1. The molecule has 0 amide bonds. The normalized spacial score (nSPS) is 26.9. The summed E-state index contributed by atoms with van der Waals surface area (Å²) >= 11 is 0. The first kappa shape index (κ1) is 11.0. The van der Waals surface area contributed by atoms with E-state index < -0.39 is 5.97 Å². The van der Waals surface area contributed by atoms with Crippen molar-refractivity contribution in [3.8, 4) is 0 Å². The second-order valence-corrected chi connectivity index (χ2v) is 3.93. The van der Waals surface area contributed by atoms with Gasteiger partial charge in [-0.2, -0.15) is 0 Å². The summed E-state index contributed by atoms with van der Waals surface area (Å²) < 4.78 is 0. The first-order valence-electron chi connectivity index (χ1n) is 5.01. The lowest BCUT2D eigenvalue weighted by molar-refractivity contribution is -0.143. The van der Waals surface area contributed by atoms with Gasteiger partial charge in [0, 0.05) is 6.42 Å². The number of hydrogen-bond donors (Lipinski definition) is 1. The van der Waals surface area contributed by atoms with Crippen molar-refractivity contribution in [2.24, 2.45) is 11.8 Å². The van der Waals surface area contributed by atoms with Crippen LogP contribution in [0, 0.1) is 11.8 Å². The van der Waals surface area contributed by atoms with E-state index >= 15 is 0 Å². The summed E-state index contributed by atoms with van der Waals surface area (Å²) in [6.45, 7) is 3.43. The van der Waals surface area contributed by atoms with Crippen molar-refractivity contribution >= 4 is 11.8 Å². The summed E-state index contributed by atoms with van der Waals surface area (Å²) in [5.74, 6) is -0.441. The second kappa shape index (κ2) is 4.94. The fourth-order valence-electron chi connectivity index (χ4n) is 1.98. The Labute approximate surface area is 83.8 Å². The SMILES string of the molecule is C=CC(=O)CC1CCC(C(=O)O)CC1. The zero-order valence-corrected chi connectivity index (χ0v) is 8.24. The van der Waals surface area contributed by atoms with Crippen LogP contribution in [-0.4, -0.2) is 16.9 Å². The maximum absolute atomic E-state index is 11.1. The third-order valence-electron chi connectivity index (χ3n) is 2.91. The summed E-state index contributed by atoms with van der Waals surface area (Å²) in [6.07, 6.45) is 5.03. The Kier molecular flexibility index (Phi) is 3.86. The van der Waals surface area contributed by atoms with Crippen LogP contribution >= 0.6 is 0 Å². The highest BCUT2D eigenvalue weighted by molar-refractivity contribution is 5.89. The van der Waals surface area contributed by atoms with E-state index in [1.54, 1.807) is 0 Å². The van der Waals surface area contributed by atoms with E-state index in [9.17, 15) is 9.59 Å². The van der Waals surface area contributed by atoms with Gasteiger partial charge in [0.05, 0.1) is 5.92 Å². The molecule has 1 N–H and O–H groups in total. The van der Waals surface area contributed by atoms with Crippen molar-refractivity contribution in [3.05, 3.63) is 12.7 Å². The Bertz CT molecular complexity index is 237. The molecule has 1 saturated carbocycles. The smallest absolute Gasteiger partial charge is 0.306 e. The van der Waals surface area contributed by atoms with Crippen LogP contribution in [0.25, 0.3) is 0 Å². The average molecular weight is 196 g/mol. The second-order valence-electron chi connectivity index (χ2n) is 3.93. The Morgan fingerprint density at radius 3 is 2.29 bits per heavy atom. The van der Waals surface area contributed by atoms with Crippen LogP contribution in [0.15, 0.2) is 12.7 Å². The van der Waals surface area contributed by atoms with Gasteiger partial charge in [0.15, 0.2) is 5.78 Å². The van der Waals surface area contributed by atoms with E-state index in [4.69, 9.17) is 5.11 Å². The Balaban J connectivity index is 2.32. The third-order valence-corrected chi connectivity index (χ3v) is 2.91. The van der Waals surface area contributed by atoms with Crippen LogP contribution in [0.5, 0.6) is 0 Å². The lowest BCUT2D eigenvalue weighted by atomic mass is 9.80. The molecule has 0 spiro atoms. The van der Waals surface area contributed by atoms with E-state index in [-0.39, 0.29) is 11.7 Å². The minimum Gasteiger partial charge on any atom is -0.481 e. The van der Waals surface area contributed by atoms with Gasteiger partial charge in [-0.1, -0.05) is 6.58 Å². The predicted molar refractivity (Wildman–Crippen MR) is 52.9 cm³/mol. The average Bonchev–Trinajstić information content (AvgIpc) is 2.18. The van der Waals surface area contributed by atoms with Gasteiger partial charge in [0.1, 0.15) is 0 Å². The summed E-state index contributed by atoms with van der Waals surface area (Å²) in [6, 6.07) is 0. The van der Waals surface area contributed by atoms with Crippen molar-refractivity contribution in [2.45, 2.75) is 32.1 Å². The van der Waals surface area contributed by atoms with Crippen LogP contribution in [-0.2, 0) is 9.59 Å². The van der Waals surface area contributed by atoms with E-state index in [2.05, 4.69) is 6.58 Å². The fraction of sp³-hybridized carbons (Fsp3) is 0.636. The van der Waals surface area contributed by atoms with Crippen LogP contribution < -0.4 is 0 Å². The highest BCUT2D eigenvalue weighted by atomic mass is 16.4. The van der Waals surface area contributed by atoms with Crippen molar-refractivity contribution < 1.29 is 14.7 Å². The summed E-state index contributed by atoms with van der Waals surface area (Å²) in [4.78, 5) is 21.7. The number of hydrogen-bond acceptors (Lipinski definition) is 2. The fourth-order valence-corrected chi connectivity index (χ4v) is 1.98. The Morgan fingerprint density at radius 1 is 1.29 bits per heavy atom. The number of aliphatic carboxylic acids is 1. The van der Waals surface area contributed by atoms with E-state index in [1.807, 2.05) is 0 Å². The molecule has 0 bridgehead atoms. The molecular weight excluding hydrogens is 180 g/mol. The molecule has 0 saturated heterocycles. The number of allylic oxidation sites excluding steroid dienone is 1. The van der Waals surface area contributed by atoms with Gasteiger partial charge in [-0.05, 0) is 37.7 Å². The summed E-state index contributed by atoms with van der Waals surface area (Å²) in [5.41, 5.74) is 0. The minimum absolute atomic E-state index is 0.0729. The first-order chi connectivity index (χ1) is 6.63. The lowest BCUT2D eigenvalue weighted by Crippen LogP contribution is -2.22. The van der Waals surface area contributed by atoms with Gasteiger partial charge in [0.25, 0.3) is 0 Å². The monoisotopic (exact) mass is 196 g/mol. The van der Waals surface area contributed by atoms with Gasteiger partial charge in [0.2, 0.25) is 0 Å². The quantitative estimate of drug-likeness (QED) is 0.700. The van der Waals surface area contributed by atoms with Crippen LogP contribution in [0.2, 0.25) is 0 Å². The molecule has 0 aromatic rings. The largest absolute Gasteiger partial charge is 0.481 e. The standard InChI is InChI=1S/C11H16O3/c1-2-10(12)7-8-3-5-9(6-4-8)11(13)14/h2,8-9H,1,3-7H2,(H,13,14). The lowest BCUT2D eigenvalue weighted by Gasteiger charge is -2.25. The highest BCUT2D eigenvalue weighted by Gasteiger charge is 2.26. The van der Waals surface area contributed by atoms with Crippen LogP contribution in [0.3, 0.4) is 0 Å². The van der Waals surface area contributed by atoms with Crippen LogP contribution in [0.1, 0.15) is 32.1 Å². The Morgan fingerprint density at radius 2 is 1.86 bits per heavy atom. The third kappa shape index (κ3) is 2.98. The van der Waals surface area contributed by atoms with E-state index in [0.29, 0.717) is 25.2 Å². The molecule has 0 aromatic heterocycles. The zero-order chi connectivity index (χ0) is 10.6. The van der Waals surface area contributed by atoms with Gasteiger partial charge < -0.3 is 5.11 Å². The number of carboxylic acids is 1. The van der Waals surface area contributed by atoms with Gasteiger partial charge >= 0.3 is 5.97 Å². The topological polar surface area (TPSA) is 54.4 Å². The van der Waals surface area contributed by atoms with Crippen molar-refractivity contribution in [1.29, 1.82) is 0 Å². The number of rotatable bonds is 4. The van der Waals surface area contributed by atoms with Gasteiger partial charge in [-0.3, -0.25) is 9.59 Å². The highest BCUT2D eigenvalue weighted by Crippen LogP contribution is 2.30. The molecule has 0 atom stereocenters. The van der Waals surface area contributed by atoms with E-state index in [1.165, 1.54) is 6.08 Å². The van der Waals surface area contributed by atoms with E-state index in [0.717, 1.165) is 12.8 Å². The molecule has 1 aliphatic rings. The van der Waals surface area contributed by atoms with Crippen LogP contribution in [0.4, 0.5) is 0 Å². The molecule has 0 unspecified atom stereocenters. The number of ketones is 1. The molecule has 0 aromatic carbocycles. The number of carbonyl (C=O) groups is 2. The summed E-state index contributed by atoms with van der Waals surface area (Å²) in [5, 5.41) is 8.77. The number of carbonyl (C=O) groups excluding carboxylic acids is 1. The molecular formula is C11H16O3. The summed E-state index contributed by atoms with van der Waals surface area (Å²) in [7, 11) is 0. The maximum atomic E-state index is 11.1. The molecule has 1 rings (SSSR count). The van der Waals surface area contributed by atoms with Gasteiger partial charge in [-0.15, -0.1) is 0 Å². The zero-order valence-electron chi connectivity index (χ0n) is 8.24. The minimum atomic E-state index is -0.696. The molecule has 3 nitrogen and oxygen atoms in total. The first-order valence-corrected chi connectivity index (χ1v) is 5.01. The predicted octanol–water partition coefficient (Wildman–Crippen LogP) is 2.02. The van der Waals surface area contributed by atoms with Crippen molar-refractivity contribution in [1.82, 2.24) is 0 Å². The maximum Gasteiger partial charge on any atom is 0.306 e. The molecule has 3 heteroatoms.